The van der Waals surface area contributed by atoms with Gasteiger partial charge in [0.05, 0.1) is 15.4 Å². The van der Waals surface area contributed by atoms with E-state index in [1.807, 2.05) is 0 Å². The van der Waals surface area contributed by atoms with Gasteiger partial charge in [0.15, 0.2) is 0 Å². The van der Waals surface area contributed by atoms with Crippen LogP contribution in [0.15, 0.2) is 52.3 Å². The predicted molar refractivity (Wildman–Crippen MR) is 83.0 cm³/mol. The van der Waals surface area contributed by atoms with Crippen molar-refractivity contribution in [3.05, 3.63) is 58.1 Å². The fourth-order valence-electron chi connectivity index (χ4n) is 1.86. The smallest absolute Gasteiger partial charge is 0.326 e. The molecule has 0 aliphatic heterocycles. The van der Waals surface area contributed by atoms with Crippen LogP contribution >= 0.6 is 11.8 Å². The minimum absolute atomic E-state index is 0.0975. The molecule has 1 N–H and O–H groups in total. The first-order valence-corrected chi connectivity index (χ1v) is 7.39. The molecule has 0 spiro atoms. The summed E-state index contributed by atoms with van der Waals surface area (Å²) in [7, 11) is 0. The van der Waals surface area contributed by atoms with Crippen LogP contribution in [0.1, 0.15) is 12.5 Å². The van der Waals surface area contributed by atoms with Crippen molar-refractivity contribution >= 4 is 29.0 Å². The highest BCUT2D eigenvalue weighted by atomic mass is 32.2. The second-order valence-electron chi connectivity index (χ2n) is 4.74. The van der Waals surface area contributed by atoms with Crippen molar-refractivity contribution < 1.29 is 22.9 Å². The number of anilines is 1. The molecule has 1 amide bonds. The van der Waals surface area contributed by atoms with E-state index in [0.29, 0.717) is 16.6 Å². The van der Waals surface area contributed by atoms with Gasteiger partial charge in [-0.05, 0) is 36.4 Å². The zero-order valence-corrected chi connectivity index (χ0v) is 13.1. The average molecular weight is 356 g/mol. The number of benzene rings is 2. The van der Waals surface area contributed by atoms with Crippen LogP contribution in [-0.2, 0) is 11.0 Å². The summed E-state index contributed by atoms with van der Waals surface area (Å²) in [6.45, 7) is 1.36. The lowest BCUT2D eigenvalue weighted by Gasteiger charge is -2.09. The summed E-state index contributed by atoms with van der Waals surface area (Å²) in [6.07, 6.45) is -4.64. The van der Waals surface area contributed by atoms with Crippen LogP contribution in [0.2, 0.25) is 0 Å². The van der Waals surface area contributed by atoms with E-state index in [1.165, 1.54) is 6.92 Å². The first-order chi connectivity index (χ1) is 11.2. The number of carbonyl (C=O) groups excluding carboxylic acids is 1. The van der Waals surface area contributed by atoms with Gasteiger partial charge in [0, 0.05) is 23.6 Å². The molecule has 0 aliphatic rings. The van der Waals surface area contributed by atoms with Crippen molar-refractivity contribution in [2.45, 2.75) is 22.9 Å². The SMILES string of the molecule is CC(=O)Nc1ccc(Sc2ccc(C(F)(F)F)cc2[N+](=O)[O-])cc1. The highest BCUT2D eigenvalue weighted by Crippen LogP contribution is 2.39. The number of amides is 1. The number of nitrogens with one attached hydrogen (secondary N) is 1. The Morgan fingerprint density at radius 1 is 1.17 bits per heavy atom. The Kier molecular flexibility index (Phi) is 5.13. The Balaban J connectivity index is 2.29. The van der Waals surface area contributed by atoms with E-state index in [-0.39, 0.29) is 10.8 Å². The van der Waals surface area contributed by atoms with Crippen LogP contribution in [0, 0.1) is 10.1 Å². The lowest BCUT2D eigenvalue weighted by molar-refractivity contribution is -0.388. The van der Waals surface area contributed by atoms with Crippen molar-refractivity contribution in [3.63, 3.8) is 0 Å². The summed E-state index contributed by atoms with van der Waals surface area (Å²) in [4.78, 5) is 21.8. The Morgan fingerprint density at radius 3 is 2.29 bits per heavy atom. The van der Waals surface area contributed by atoms with Crippen molar-refractivity contribution in [2.24, 2.45) is 0 Å². The Bertz CT molecular complexity index is 777. The van der Waals surface area contributed by atoms with Gasteiger partial charge in [0.1, 0.15) is 0 Å². The topological polar surface area (TPSA) is 72.2 Å². The quantitative estimate of drug-likeness (QED) is 0.635. The number of hydrogen-bond acceptors (Lipinski definition) is 4. The molecule has 0 heterocycles. The average Bonchev–Trinajstić information content (AvgIpc) is 2.47. The largest absolute Gasteiger partial charge is 0.416 e. The van der Waals surface area contributed by atoms with Gasteiger partial charge in [-0.15, -0.1) is 0 Å². The van der Waals surface area contributed by atoms with E-state index >= 15 is 0 Å². The number of halogens is 3. The molecule has 2 aromatic carbocycles. The van der Waals surface area contributed by atoms with Gasteiger partial charge in [0.25, 0.3) is 5.69 Å². The molecule has 2 aromatic rings. The van der Waals surface area contributed by atoms with Crippen molar-refractivity contribution in [2.75, 3.05) is 5.32 Å². The third-order valence-corrected chi connectivity index (χ3v) is 3.96. The summed E-state index contributed by atoms with van der Waals surface area (Å²) < 4.78 is 38.0. The van der Waals surface area contributed by atoms with Gasteiger partial charge in [-0.1, -0.05) is 11.8 Å². The van der Waals surface area contributed by atoms with Gasteiger partial charge in [0.2, 0.25) is 5.91 Å². The first kappa shape index (κ1) is 17.8. The molecule has 0 aromatic heterocycles. The number of alkyl halides is 3. The summed E-state index contributed by atoms with van der Waals surface area (Å²) in [5, 5.41) is 13.6. The molecule has 0 bridgehead atoms. The zero-order chi connectivity index (χ0) is 17.9. The van der Waals surface area contributed by atoms with E-state index in [9.17, 15) is 28.1 Å². The van der Waals surface area contributed by atoms with Crippen LogP contribution in [0.5, 0.6) is 0 Å². The monoisotopic (exact) mass is 356 g/mol. The molecular formula is C15H11F3N2O3S. The van der Waals surface area contributed by atoms with E-state index in [1.54, 1.807) is 24.3 Å². The van der Waals surface area contributed by atoms with Crippen molar-refractivity contribution in [1.29, 1.82) is 0 Å². The van der Waals surface area contributed by atoms with E-state index in [4.69, 9.17) is 0 Å². The number of nitro groups is 1. The summed E-state index contributed by atoms with van der Waals surface area (Å²) >= 11 is 0.968. The van der Waals surface area contributed by atoms with Gasteiger partial charge in [-0.3, -0.25) is 14.9 Å². The molecule has 0 saturated carbocycles. The molecule has 0 aliphatic carbocycles. The van der Waals surface area contributed by atoms with Crippen molar-refractivity contribution in [3.8, 4) is 0 Å². The summed E-state index contributed by atoms with van der Waals surface area (Å²) in [5.74, 6) is -0.242. The van der Waals surface area contributed by atoms with Crippen LogP contribution < -0.4 is 5.32 Å². The molecule has 0 radical (unpaired) electrons. The number of nitrogens with zero attached hydrogens (tertiary/aromatic N) is 1. The molecule has 5 nitrogen and oxygen atoms in total. The molecule has 24 heavy (non-hydrogen) atoms. The Labute approximate surface area is 139 Å². The van der Waals surface area contributed by atoms with Crippen LogP contribution in [0.3, 0.4) is 0 Å². The number of carbonyl (C=O) groups is 1. The molecule has 2 rings (SSSR count). The highest BCUT2D eigenvalue weighted by Gasteiger charge is 2.33. The van der Waals surface area contributed by atoms with Gasteiger partial charge in [-0.25, -0.2) is 0 Å². The molecule has 126 valence electrons. The fraction of sp³-hybridized carbons (Fsp3) is 0.133. The first-order valence-electron chi connectivity index (χ1n) is 6.58. The third kappa shape index (κ3) is 4.48. The lowest BCUT2D eigenvalue weighted by atomic mass is 10.2. The second kappa shape index (κ2) is 6.91. The molecular weight excluding hydrogens is 345 g/mol. The Hall–Kier alpha value is -2.55. The zero-order valence-electron chi connectivity index (χ0n) is 12.3. The van der Waals surface area contributed by atoms with Crippen molar-refractivity contribution in [1.82, 2.24) is 0 Å². The molecule has 0 saturated heterocycles. The predicted octanol–water partition coefficient (Wildman–Crippen LogP) is 4.72. The van der Waals surface area contributed by atoms with E-state index < -0.39 is 22.4 Å². The Morgan fingerprint density at radius 2 is 1.79 bits per heavy atom. The highest BCUT2D eigenvalue weighted by molar-refractivity contribution is 7.99. The summed E-state index contributed by atoms with van der Waals surface area (Å²) in [6, 6.07) is 8.82. The molecule has 9 heteroatoms. The minimum atomic E-state index is -4.64. The summed E-state index contributed by atoms with van der Waals surface area (Å²) in [5.41, 5.74) is -1.13. The maximum atomic E-state index is 12.7. The normalized spacial score (nSPS) is 11.2. The molecule has 0 unspecified atom stereocenters. The van der Waals surface area contributed by atoms with Crippen LogP contribution in [0.4, 0.5) is 24.5 Å². The maximum Gasteiger partial charge on any atom is 0.416 e. The molecule has 0 atom stereocenters. The van der Waals surface area contributed by atoms with E-state index in [0.717, 1.165) is 23.9 Å². The lowest BCUT2D eigenvalue weighted by Crippen LogP contribution is -2.06. The maximum absolute atomic E-state index is 12.7. The van der Waals surface area contributed by atoms with E-state index in [2.05, 4.69) is 5.32 Å². The van der Waals surface area contributed by atoms with Crippen LogP contribution in [0.25, 0.3) is 0 Å². The minimum Gasteiger partial charge on any atom is -0.326 e. The number of hydrogen-bond donors (Lipinski definition) is 1. The third-order valence-electron chi connectivity index (χ3n) is 2.89. The number of rotatable bonds is 4. The van der Waals surface area contributed by atoms with Gasteiger partial charge in [-0.2, -0.15) is 13.2 Å². The van der Waals surface area contributed by atoms with Gasteiger partial charge >= 0.3 is 6.18 Å². The standard InChI is InChI=1S/C15H11F3N2O3S/c1-9(21)19-11-3-5-12(6-4-11)24-14-7-2-10(15(16,17)18)8-13(14)20(22)23/h2-8H,1H3,(H,19,21). The molecule has 0 fully saturated rings. The van der Waals surface area contributed by atoms with Gasteiger partial charge < -0.3 is 5.32 Å². The second-order valence-corrected chi connectivity index (χ2v) is 5.86. The fourth-order valence-corrected chi connectivity index (χ4v) is 2.76. The number of nitro benzene ring substituents is 1. The van der Waals surface area contributed by atoms with Crippen LogP contribution in [-0.4, -0.2) is 10.8 Å².